The van der Waals surface area contributed by atoms with Crippen LogP contribution in [0.2, 0.25) is 0 Å². The molecule has 3 rings (SSSR count). The zero-order valence-electron chi connectivity index (χ0n) is 11.1. The van der Waals surface area contributed by atoms with E-state index in [0.717, 1.165) is 12.3 Å². The van der Waals surface area contributed by atoms with Gasteiger partial charge in [0.15, 0.2) is 0 Å². The van der Waals surface area contributed by atoms with Crippen LogP contribution in [0.25, 0.3) is 10.9 Å². The van der Waals surface area contributed by atoms with Crippen LogP contribution in [0.3, 0.4) is 0 Å². The van der Waals surface area contributed by atoms with Crippen LogP contribution >= 0.6 is 0 Å². The summed E-state index contributed by atoms with van der Waals surface area (Å²) in [4.78, 5) is 0. The molecule has 2 aromatic rings. The first-order valence-electron chi connectivity index (χ1n) is 7.06. The molecule has 2 heteroatoms. The van der Waals surface area contributed by atoms with Crippen LogP contribution in [0.4, 0.5) is 0 Å². The van der Waals surface area contributed by atoms with Gasteiger partial charge in [-0.05, 0) is 55.2 Å². The predicted molar refractivity (Wildman–Crippen MR) is 76.6 cm³/mol. The van der Waals surface area contributed by atoms with Gasteiger partial charge in [-0.1, -0.05) is 18.6 Å². The zero-order valence-corrected chi connectivity index (χ0v) is 11.1. The second-order valence-corrected chi connectivity index (χ2v) is 5.84. The van der Waals surface area contributed by atoms with E-state index in [9.17, 15) is 0 Å². The topological polar surface area (TPSA) is 30.9 Å². The Kier molecular flexibility index (Phi) is 3.13. The fourth-order valence-corrected chi connectivity index (χ4v) is 2.84. The van der Waals surface area contributed by atoms with Crippen molar-refractivity contribution in [1.82, 2.24) is 4.57 Å². The molecule has 1 saturated carbocycles. The number of nitrogens with zero attached hydrogens (tertiary/aromatic N) is 1. The summed E-state index contributed by atoms with van der Waals surface area (Å²) in [5, 5.41) is 1.35. The number of nitrogens with two attached hydrogens (primary N) is 1. The Balaban J connectivity index is 1.88. The van der Waals surface area contributed by atoms with Gasteiger partial charge in [-0.15, -0.1) is 0 Å². The lowest BCUT2D eigenvalue weighted by Crippen LogP contribution is -2.18. The maximum atomic E-state index is 5.89. The fraction of sp³-hybridized carbons (Fsp3) is 0.500. The van der Waals surface area contributed by atoms with Crippen molar-refractivity contribution in [3.8, 4) is 0 Å². The van der Waals surface area contributed by atoms with Gasteiger partial charge in [-0.3, -0.25) is 0 Å². The molecule has 0 spiro atoms. The lowest BCUT2D eigenvalue weighted by Gasteiger charge is -2.26. The minimum absolute atomic E-state index is 0.234. The van der Waals surface area contributed by atoms with Crippen molar-refractivity contribution in [1.29, 1.82) is 0 Å². The average Bonchev–Trinajstić information content (AvgIpc) is 2.65. The van der Waals surface area contributed by atoms with Gasteiger partial charge in [-0.25, -0.2) is 0 Å². The van der Waals surface area contributed by atoms with Crippen LogP contribution in [0.5, 0.6) is 0 Å². The minimum atomic E-state index is 0.234. The Bertz CT molecular complexity index is 535. The van der Waals surface area contributed by atoms with Crippen LogP contribution in [-0.2, 0) is 13.0 Å². The second kappa shape index (κ2) is 4.77. The Morgan fingerprint density at radius 3 is 2.83 bits per heavy atom. The smallest absolute Gasteiger partial charge is 0.0483 e. The Labute approximate surface area is 109 Å². The molecular formula is C16H22N2. The maximum absolute atomic E-state index is 5.89. The quantitative estimate of drug-likeness (QED) is 0.876. The van der Waals surface area contributed by atoms with Crippen LogP contribution in [0, 0.1) is 5.92 Å². The van der Waals surface area contributed by atoms with Crippen molar-refractivity contribution in [3.63, 3.8) is 0 Å². The highest BCUT2D eigenvalue weighted by atomic mass is 15.0. The average molecular weight is 242 g/mol. The molecule has 1 aromatic carbocycles. The van der Waals surface area contributed by atoms with Crippen LogP contribution in [0.1, 0.15) is 31.7 Å². The first kappa shape index (κ1) is 11.8. The van der Waals surface area contributed by atoms with E-state index in [1.165, 1.54) is 42.3 Å². The van der Waals surface area contributed by atoms with Crippen molar-refractivity contribution in [2.24, 2.45) is 11.7 Å². The van der Waals surface area contributed by atoms with Gasteiger partial charge in [0.25, 0.3) is 0 Å². The van der Waals surface area contributed by atoms with Gasteiger partial charge in [0.1, 0.15) is 0 Å². The summed E-state index contributed by atoms with van der Waals surface area (Å²) in [6.07, 6.45) is 7.42. The molecular weight excluding hydrogens is 220 g/mol. The highest BCUT2D eigenvalue weighted by Crippen LogP contribution is 2.29. The number of hydrogen-bond acceptors (Lipinski definition) is 1. The van der Waals surface area contributed by atoms with E-state index in [-0.39, 0.29) is 6.04 Å². The Morgan fingerprint density at radius 2 is 2.17 bits per heavy atom. The van der Waals surface area contributed by atoms with Crippen molar-refractivity contribution in [3.05, 3.63) is 36.0 Å². The number of hydrogen-bond donors (Lipinski definition) is 1. The molecule has 0 bridgehead atoms. The van der Waals surface area contributed by atoms with Gasteiger partial charge in [0.05, 0.1) is 0 Å². The van der Waals surface area contributed by atoms with Crippen molar-refractivity contribution >= 4 is 10.9 Å². The Morgan fingerprint density at radius 1 is 1.33 bits per heavy atom. The van der Waals surface area contributed by atoms with Crippen LogP contribution in [-0.4, -0.2) is 10.6 Å². The molecule has 1 aromatic heterocycles. The van der Waals surface area contributed by atoms with E-state index in [1.807, 2.05) is 0 Å². The Hall–Kier alpha value is -1.28. The lowest BCUT2D eigenvalue weighted by atomic mass is 9.85. The second-order valence-electron chi connectivity index (χ2n) is 5.84. The monoisotopic (exact) mass is 242 g/mol. The molecule has 1 fully saturated rings. The molecule has 1 atom stereocenters. The van der Waals surface area contributed by atoms with Crippen molar-refractivity contribution in [2.75, 3.05) is 0 Å². The molecule has 1 aliphatic carbocycles. The third kappa shape index (κ3) is 2.30. The molecule has 96 valence electrons. The summed E-state index contributed by atoms with van der Waals surface area (Å²) < 4.78 is 2.42. The molecule has 0 amide bonds. The summed E-state index contributed by atoms with van der Waals surface area (Å²) in [6, 6.07) is 9.21. The van der Waals surface area contributed by atoms with Gasteiger partial charge in [0.2, 0.25) is 0 Å². The summed E-state index contributed by atoms with van der Waals surface area (Å²) in [5.41, 5.74) is 8.61. The largest absolute Gasteiger partial charge is 0.347 e. The van der Waals surface area contributed by atoms with E-state index in [1.54, 1.807) is 0 Å². The van der Waals surface area contributed by atoms with Crippen molar-refractivity contribution < 1.29 is 0 Å². The van der Waals surface area contributed by atoms with E-state index in [0.29, 0.717) is 0 Å². The standard InChI is InChI=1S/C16H22N2/c1-12(17)9-14-5-6-15-7-8-18(16(15)10-14)11-13-3-2-4-13/h5-8,10,12-13H,2-4,9,11,17H2,1H3. The number of aromatic nitrogens is 1. The van der Waals surface area contributed by atoms with Gasteiger partial charge in [-0.2, -0.15) is 0 Å². The normalized spacial score (nSPS) is 17.9. The first-order chi connectivity index (χ1) is 8.72. The third-order valence-electron chi connectivity index (χ3n) is 4.08. The van der Waals surface area contributed by atoms with Gasteiger partial charge >= 0.3 is 0 Å². The summed E-state index contributed by atoms with van der Waals surface area (Å²) in [5.74, 6) is 0.901. The molecule has 1 heterocycles. The molecule has 1 aliphatic rings. The zero-order chi connectivity index (χ0) is 12.5. The SMILES string of the molecule is CC(N)Cc1ccc2ccn(CC3CCC3)c2c1. The highest BCUT2D eigenvalue weighted by molar-refractivity contribution is 5.80. The van der Waals surface area contributed by atoms with Crippen LogP contribution in [0.15, 0.2) is 30.5 Å². The third-order valence-corrected chi connectivity index (χ3v) is 4.08. The minimum Gasteiger partial charge on any atom is -0.347 e. The van der Waals surface area contributed by atoms with E-state index in [2.05, 4.69) is 42.0 Å². The number of rotatable bonds is 4. The summed E-state index contributed by atoms with van der Waals surface area (Å²) >= 11 is 0. The predicted octanol–water partition coefficient (Wildman–Crippen LogP) is 3.33. The maximum Gasteiger partial charge on any atom is 0.0483 e. The summed E-state index contributed by atoms with van der Waals surface area (Å²) in [6.45, 7) is 3.25. The van der Waals surface area contributed by atoms with E-state index in [4.69, 9.17) is 5.73 Å². The van der Waals surface area contributed by atoms with E-state index >= 15 is 0 Å². The molecule has 1 unspecified atom stereocenters. The first-order valence-corrected chi connectivity index (χ1v) is 7.06. The van der Waals surface area contributed by atoms with Crippen LogP contribution < -0.4 is 5.73 Å². The molecule has 2 nitrogen and oxygen atoms in total. The molecule has 0 radical (unpaired) electrons. The molecule has 0 aliphatic heterocycles. The highest BCUT2D eigenvalue weighted by Gasteiger charge is 2.18. The number of fused-ring (bicyclic) bond motifs is 1. The number of benzene rings is 1. The molecule has 18 heavy (non-hydrogen) atoms. The van der Waals surface area contributed by atoms with Crippen molar-refractivity contribution in [2.45, 2.75) is 45.2 Å². The summed E-state index contributed by atoms with van der Waals surface area (Å²) in [7, 11) is 0. The fourth-order valence-electron chi connectivity index (χ4n) is 2.84. The van der Waals surface area contributed by atoms with Gasteiger partial charge in [0, 0.05) is 24.3 Å². The molecule has 2 N–H and O–H groups in total. The van der Waals surface area contributed by atoms with Gasteiger partial charge < -0.3 is 10.3 Å². The molecule has 0 saturated heterocycles. The lowest BCUT2D eigenvalue weighted by molar-refractivity contribution is 0.280. The van der Waals surface area contributed by atoms with E-state index < -0.39 is 0 Å².